The first kappa shape index (κ1) is 17.0. The second kappa shape index (κ2) is 7.46. The summed E-state index contributed by atoms with van der Waals surface area (Å²) in [6.07, 6.45) is 0. The fraction of sp³-hybridized carbons (Fsp3) is 0.300. The van der Waals surface area contributed by atoms with Crippen molar-refractivity contribution in [1.29, 1.82) is 5.26 Å². The van der Waals surface area contributed by atoms with E-state index in [0.29, 0.717) is 25.2 Å². The number of hydrogen-bond acceptors (Lipinski definition) is 5. The van der Waals surface area contributed by atoms with Gasteiger partial charge in [-0.1, -0.05) is 6.07 Å². The summed E-state index contributed by atoms with van der Waals surface area (Å²) in [5, 5.41) is 11.9. The van der Waals surface area contributed by atoms with E-state index >= 15 is 0 Å². The number of carbonyl (C=O) groups excluding carboxylic acids is 1. The zero-order chi connectivity index (χ0) is 18.6. The molecule has 27 heavy (non-hydrogen) atoms. The van der Waals surface area contributed by atoms with Crippen molar-refractivity contribution in [3.05, 3.63) is 53.6 Å². The van der Waals surface area contributed by atoms with Crippen LogP contribution in [0.5, 0.6) is 11.5 Å². The molecule has 2 amide bonds. The summed E-state index contributed by atoms with van der Waals surface area (Å²) in [6.45, 7) is 3.55. The molecule has 0 atom stereocenters. The van der Waals surface area contributed by atoms with Gasteiger partial charge in [0.1, 0.15) is 0 Å². The van der Waals surface area contributed by atoms with Crippen LogP contribution in [0.15, 0.2) is 42.5 Å². The molecular weight excluding hydrogens is 344 g/mol. The molecule has 0 aliphatic carbocycles. The van der Waals surface area contributed by atoms with Crippen molar-refractivity contribution in [3.8, 4) is 17.6 Å². The molecule has 2 aliphatic heterocycles. The standard InChI is InChI=1S/C20H20N4O3/c21-12-15-1-4-17(5-2-15)23-7-9-24(10-8-23)20(25)22-13-16-3-6-18-19(11-16)27-14-26-18/h1-6,11H,7-10,13-14H2,(H,22,25). The molecule has 7 heteroatoms. The van der Waals surface area contributed by atoms with Crippen LogP contribution >= 0.6 is 0 Å². The SMILES string of the molecule is N#Cc1ccc(N2CCN(C(=O)NCc3ccc4c(c3)OCO4)CC2)cc1. The topological polar surface area (TPSA) is 77.8 Å². The number of hydrogen-bond donors (Lipinski definition) is 1. The zero-order valence-corrected chi connectivity index (χ0v) is 14.9. The van der Waals surface area contributed by atoms with Crippen LogP contribution < -0.4 is 19.7 Å². The van der Waals surface area contributed by atoms with Crippen LogP contribution in [0.1, 0.15) is 11.1 Å². The molecule has 4 rings (SSSR count). The van der Waals surface area contributed by atoms with E-state index in [4.69, 9.17) is 14.7 Å². The molecule has 7 nitrogen and oxygen atoms in total. The van der Waals surface area contributed by atoms with Crippen molar-refractivity contribution >= 4 is 11.7 Å². The summed E-state index contributed by atoms with van der Waals surface area (Å²) in [5.74, 6) is 1.46. The van der Waals surface area contributed by atoms with Crippen LogP contribution in [0, 0.1) is 11.3 Å². The molecule has 0 spiro atoms. The average Bonchev–Trinajstić information content (AvgIpc) is 3.20. The van der Waals surface area contributed by atoms with Gasteiger partial charge in [-0.3, -0.25) is 0 Å². The highest BCUT2D eigenvalue weighted by Crippen LogP contribution is 2.32. The van der Waals surface area contributed by atoms with Crippen molar-refractivity contribution in [2.45, 2.75) is 6.54 Å². The number of anilines is 1. The summed E-state index contributed by atoms with van der Waals surface area (Å²) >= 11 is 0. The molecular formula is C20H20N4O3. The molecule has 138 valence electrons. The van der Waals surface area contributed by atoms with E-state index in [1.165, 1.54) is 0 Å². The summed E-state index contributed by atoms with van der Waals surface area (Å²) in [6, 6.07) is 15.3. The van der Waals surface area contributed by atoms with Crippen molar-refractivity contribution < 1.29 is 14.3 Å². The second-order valence-electron chi connectivity index (χ2n) is 6.48. The Labute approximate surface area is 157 Å². The number of rotatable bonds is 3. The van der Waals surface area contributed by atoms with Crippen molar-refractivity contribution in [1.82, 2.24) is 10.2 Å². The third-order valence-electron chi connectivity index (χ3n) is 4.81. The van der Waals surface area contributed by atoms with Crippen molar-refractivity contribution in [2.24, 2.45) is 0 Å². The van der Waals surface area contributed by atoms with E-state index in [2.05, 4.69) is 16.3 Å². The molecule has 0 unspecified atom stereocenters. The predicted molar refractivity (Wildman–Crippen MR) is 99.7 cm³/mol. The largest absolute Gasteiger partial charge is 0.454 e. The number of fused-ring (bicyclic) bond motifs is 1. The molecule has 0 aromatic heterocycles. The summed E-state index contributed by atoms with van der Waals surface area (Å²) in [7, 11) is 0. The molecule has 2 heterocycles. The van der Waals surface area contributed by atoms with Crippen LogP contribution in [-0.4, -0.2) is 43.9 Å². The molecule has 0 radical (unpaired) electrons. The molecule has 1 saturated heterocycles. The number of piperazine rings is 1. The van der Waals surface area contributed by atoms with Crippen LogP contribution in [0.4, 0.5) is 10.5 Å². The third-order valence-corrected chi connectivity index (χ3v) is 4.81. The molecule has 2 aromatic rings. The Morgan fingerprint density at radius 1 is 1.04 bits per heavy atom. The molecule has 2 aromatic carbocycles. The van der Waals surface area contributed by atoms with Gasteiger partial charge in [0.05, 0.1) is 11.6 Å². The zero-order valence-electron chi connectivity index (χ0n) is 14.9. The highest BCUT2D eigenvalue weighted by atomic mass is 16.7. The van der Waals surface area contributed by atoms with Gasteiger partial charge in [0, 0.05) is 38.4 Å². The smallest absolute Gasteiger partial charge is 0.317 e. The Kier molecular flexibility index (Phi) is 4.71. The summed E-state index contributed by atoms with van der Waals surface area (Å²) < 4.78 is 10.7. The maximum atomic E-state index is 12.4. The number of nitrogens with one attached hydrogen (secondary N) is 1. The number of amides is 2. The number of nitriles is 1. The number of carbonyl (C=O) groups is 1. The lowest BCUT2D eigenvalue weighted by atomic mass is 10.2. The first-order valence-electron chi connectivity index (χ1n) is 8.89. The Hall–Kier alpha value is -3.40. The lowest BCUT2D eigenvalue weighted by Crippen LogP contribution is -2.51. The minimum atomic E-state index is -0.0628. The quantitative estimate of drug-likeness (QED) is 0.904. The number of nitrogens with zero attached hydrogens (tertiary/aromatic N) is 3. The van der Waals surface area contributed by atoms with Gasteiger partial charge in [-0.15, -0.1) is 0 Å². The third kappa shape index (κ3) is 3.75. The minimum Gasteiger partial charge on any atom is -0.454 e. The van der Waals surface area contributed by atoms with E-state index in [0.717, 1.165) is 35.8 Å². The highest BCUT2D eigenvalue weighted by Gasteiger charge is 2.21. The first-order chi connectivity index (χ1) is 13.2. The molecule has 2 aliphatic rings. The van der Waals surface area contributed by atoms with Gasteiger partial charge in [-0.25, -0.2) is 4.79 Å². The summed E-state index contributed by atoms with van der Waals surface area (Å²) in [4.78, 5) is 16.5. The molecule has 1 fully saturated rings. The van der Waals surface area contributed by atoms with Gasteiger partial charge in [0.2, 0.25) is 6.79 Å². The van der Waals surface area contributed by atoms with E-state index in [-0.39, 0.29) is 12.8 Å². The molecule has 1 N–H and O–H groups in total. The Morgan fingerprint density at radius 3 is 2.52 bits per heavy atom. The van der Waals surface area contributed by atoms with Crippen molar-refractivity contribution in [2.75, 3.05) is 37.9 Å². The van der Waals surface area contributed by atoms with E-state index in [9.17, 15) is 4.79 Å². The maximum absolute atomic E-state index is 12.4. The number of urea groups is 1. The molecule has 0 bridgehead atoms. The Bertz CT molecular complexity index is 868. The van der Waals surface area contributed by atoms with Crippen LogP contribution in [0.3, 0.4) is 0 Å². The van der Waals surface area contributed by atoms with Crippen LogP contribution in [0.2, 0.25) is 0 Å². The Morgan fingerprint density at radius 2 is 1.78 bits per heavy atom. The highest BCUT2D eigenvalue weighted by molar-refractivity contribution is 5.74. The van der Waals surface area contributed by atoms with Crippen molar-refractivity contribution in [3.63, 3.8) is 0 Å². The summed E-state index contributed by atoms with van der Waals surface area (Å²) in [5.41, 5.74) is 2.71. The fourth-order valence-electron chi connectivity index (χ4n) is 3.25. The second-order valence-corrected chi connectivity index (χ2v) is 6.48. The van der Waals surface area contributed by atoms with Gasteiger partial charge < -0.3 is 24.6 Å². The van der Waals surface area contributed by atoms with Gasteiger partial charge in [-0.05, 0) is 42.0 Å². The average molecular weight is 364 g/mol. The van der Waals surface area contributed by atoms with Gasteiger partial charge in [-0.2, -0.15) is 5.26 Å². The van der Waals surface area contributed by atoms with Gasteiger partial charge in [0.25, 0.3) is 0 Å². The Balaban J connectivity index is 1.27. The van der Waals surface area contributed by atoms with E-state index in [1.54, 1.807) is 0 Å². The van der Waals surface area contributed by atoms with Crippen LogP contribution in [-0.2, 0) is 6.54 Å². The monoisotopic (exact) mass is 364 g/mol. The van der Waals surface area contributed by atoms with Gasteiger partial charge in [0.15, 0.2) is 11.5 Å². The minimum absolute atomic E-state index is 0.0628. The first-order valence-corrected chi connectivity index (χ1v) is 8.89. The van der Waals surface area contributed by atoms with E-state index in [1.807, 2.05) is 47.4 Å². The number of ether oxygens (including phenoxy) is 2. The molecule has 0 saturated carbocycles. The predicted octanol–water partition coefficient (Wildman–Crippen LogP) is 2.32. The lowest BCUT2D eigenvalue weighted by Gasteiger charge is -2.36. The normalized spacial score (nSPS) is 15.4. The maximum Gasteiger partial charge on any atom is 0.317 e. The van der Waals surface area contributed by atoms with Crippen LogP contribution in [0.25, 0.3) is 0 Å². The fourth-order valence-corrected chi connectivity index (χ4v) is 3.25. The lowest BCUT2D eigenvalue weighted by molar-refractivity contribution is 0.174. The van der Waals surface area contributed by atoms with Gasteiger partial charge >= 0.3 is 6.03 Å². The number of benzene rings is 2. The van der Waals surface area contributed by atoms with E-state index < -0.39 is 0 Å².